The lowest BCUT2D eigenvalue weighted by atomic mass is 9.90. The Labute approximate surface area is 226 Å². The molecule has 0 unspecified atom stereocenters. The number of aromatic nitrogens is 6. The Balaban J connectivity index is 1.68. The summed E-state index contributed by atoms with van der Waals surface area (Å²) < 4.78 is 13.0. The van der Waals surface area contributed by atoms with Crippen molar-refractivity contribution in [3.63, 3.8) is 0 Å². The van der Waals surface area contributed by atoms with Crippen LogP contribution in [0.5, 0.6) is 0 Å². The van der Waals surface area contributed by atoms with Crippen molar-refractivity contribution in [1.29, 1.82) is 5.26 Å². The average molecular weight is 524 g/mol. The summed E-state index contributed by atoms with van der Waals surface area (Å²) >= 11 is 0. The first-order valence-corrected chi connectivity index (χ1v) is 13.3. The summed E-state index contributed by atoms with van der Waals surface area (Å²) in [6, 6.07) is 10.6. The van der Waals surface area contributed by atoms with Crippen LogP contribution in [0.25, 0.3) is 38.9 Å². The molecular formula is C30H33N7O2. The lowest BCUT2D eigenvalue weighted by Gasteiger charge is -2.25. The van der Waals surface area contributed by atoms with Crippen LogP contribution in [0.4, 0.5) is 0 Å². The molecule has 0 N–H and O–H groups in total. The van der Waals surface area contributed by atoms with E-state index in [4.69, 9.17) is 9.72 Å². The lowest BCUT2D eigenvalue weighted by molar-refractivity contribution is 0.0855. The predicted molar refractivity (Wildman–Crippen MR) is 151 cm³/mol. The van der Waals surface area contributed by atoms with E-state index >= 15 is 0 Å². The molecule has 2 aromatic carbocycles. The number of hydrogen-bond donors (Lipinski definition) is 0. The quantitative estimate of drug-likeness (QED) is 0.342. The van der Waals surface area contributed by atoms with Gasteiger partial charge in [-0.3, -0.25) is 18.4 Å². The van der Waals surface area contributed by atoms with E-state index in [0.717, 1.165) is 63.1 Å². The molecule has 0 saturated carbocycles. The molecule has 0 radical (unpaired) electrons. The number of imidazole rings is 2. The van der Waals surface area contributed by atoms with Gasteiger partial charge in [-0.2, -0.15) is 10.4 Å². The molecule has 0 aliphatic carbocycles. The summed E-state index contributed by atoms with van der Waals surface area (Å²) in [7, 11) is 5.54. The van der Waals surface area contributed by atoms with E-state index in [2.05, 4.69) is 48.6 Å². The molecule has 1 saturated heterocycles. The molecular weight excluding hydrogens is 490 g/mol. The summed E-state index contributed by atoms with van der Waals surface area (Å²) in [5, 5.41) is 14.4. The minimum atomic E-state index is -0.281. The molecule has 5 aromatic rings. The van der Waals surface area contributed by atoms with Crippen molar-refractivity contribution in [3.05, 3.63) is 64.1 Å². The number of aryl methyl sites for hydroxylation is 3. The lowest BCUT2D eigenvalue weighted by Crippen LogP contribution is -2.20. The minimum absolute atomic E-state index is 0.0464. The van der Waals surface area contributed by atoms with Gasteiger partial charge in [0.05, 0.1) is 39.9 Å². The molecule has 0 atom stereocenters. The topological polar surface area (TPSA) is 95.6 Å². The van der Waals surface area contributed by atoms with Crippen LogP contribution >= 0.6 is 0 Å². The zero-order valence-electron chi connectivity index (χ0n) is 23.3. The minimum Gasteiger partial charge on any atom is -0.381 e. The first-order chi connectivity index (χ1) is 18.6. The summed E-state index contributed by atoms with van der Waals surface area (Å²) in [5.41, 5.74) is 7.55. The van der Waals surface area contributed by atoms with Gasteiger partial charge in [-0.15, -0.1) is 0 Å². The van der Waals surface area contributed by atoms with Gasteiger partial charge in [-0.1, -0.05) is 20.8 Å². The maximum Gasteiger partial charge on any atom is 0.328 e. The van der Waals surface area contributed by atoms with Crippen LogP contribution < -0.4 is 5.69 Å². The second-order valence-corrected chi connectivity index (χ2v) is 11.6. The van der Waals surface area contributed by atoms with Crippen molar-refractivity contribution in [2.75, 3.05) is 13.2 Å². The van der Waals surface area contributed by atoms with Crippen LogP contribution in [-0.2, 0) is 31.3 Å². The zero-order valence-corrected chi connectivity index (χ0v) is 23.3. The van der Waals surface area contributed by atoms with Crippen molar-refractivity contribution < 1.29 is 4.74 Å². The number of hydrogen-bond acceptors (Lipinski definition) is 5. The Morgan fingerprint density at radius 1 is 1.03 bits per heavy atom. The number of benzene rings is 2. The van der Waals surface area contributed by atoms with Gasteiger partial charge in [0, 0.05) is 62.8 Å². The third-order valence-corrected chi connectivity index (χ3v) is 7.89. The SMILES string of the molecule is Cn1cc(-c2cc3nc(C(C)(C)C)n(-c4cc(C5CCOCC5)c5c(c4)n(C)c(=O)n5C)c3cc2C#N)cn1. The van der Waals surface area contributed by atoms with Gasteiger partial charge >= 0.3 is 5.69 Å². The van der Waals surface area contributed by atoms with Crippen LogP contribution in [0.3, 0.4) is 0 Å². The molecule has 1 aliphatic rings. The Morgan fingerprint density at radius 3 is 2.41 bits per heavy atom. The Kier molecular flexibility index (Phi) is 5.77. The molecule has 3 aromatic heterocycles. The molecule has 39 heavy (non-hydrogen) atoms. The number of nitriles is 1. The van der Waals surface area contributed by atoms with E-state index in [0.29, 0.717) is 18.8 Å². The standard InChI is InChI=1S/C30H33N7O2/c1-30(2,3)28-33-24-14-22(20-16-32-34(4)17-20)19(15-31)11-25(24)37(28)21-12-23(18-7-9-39-10-8-18)27-26(13-21)35(5)29(38)36(27)6/h11-14,16-18H,7-10H2,1-6H3. The Bertz CT molecular complexity index is 1850. The summed E-state index contributed by atoms with van der Waals surface area (Å²) in [5.74, 6) is 1.18. The van der Waals surface area contributed by atoms with Gasteiger partial charge < -0.3 is 4.74 Å². The highest BCUT2D eigenvalue weighted by Crippen LogP contribution is 2.38. The largest absolute Gasteiger partial charge is 0.381 e. The Hall–Kier alpha value is -4.16. The van der Waals surface area contributed by atoms with Crippen molar-refractivity contribution in [2.24, 2.45) is 21.1 Å². The molecule has 0 bridgehead atoms. The van der Waals surface area contributed by atoms with E-state index in [1.807, 2.05) is 39.5 Å². The van der Waals surface area contributed by atoms with Crippen molar-refractivity contribution >= 4 is 22.1 Å². The van der Waals surface area contributed by atoms with Crippen molar-refractivity contribution in [2.45, 2.75) is 44.9 Å². The number of nitrogens with zero attached hydrogens (tertiary/aromatic N) is 7. The number of rotatable bonds is 3. The molecule has 4 heterocycles. The molecule has 1 fully saturated rings. The zero-order chi connectivity index (χ0) is 27.6. The van der Waals surface area contributed by atoms with Crippen molar-refractivity contribution in [3.8, 4) is 22.9 Å². The summed E-state index contributed by atoms with van der Waals surface area (Å²) in [6.07, 6.45) is 5.50. The normalized spacial score (nSPS) is 14.9. The fraction of sp³-hybridized carbons (Fsp3) is 0.400. The highest BCUT2D eigenvalue weighted by molar-refractivity contribution is 5.89. The number of ether oxygens (including phenoxy) is 1. The van der Waals surface area contributed by atoms with E-state index < -0.39 is 0 Å². The van der Waals surface area contributed by atoms with E-state index in [-0.39, 0.29) is 17.0 Å². The van der Waals surface area contributed by atoms with Gasteiger partial charge in [0.25, 0.3) is 0 Å². The maximum atomic E-state index is 13.1. The monoisotopic (exact) mass is 523 g/mol. The Morgan fingerprint density at radius 2 is 1.77 bits per heavy atom. The molecule has 9 nitrogen and oxygen atoms in total. The van der Waals surface area contributed by atoms with Gasteiger partial charge in [-0.05, 0) is 48.6 Å². The molecule has 6 rings (SSSR count). The van der Waals surface area contributed by atoms with E-state index in [9.17, 15) is 10.1 Å². The smallest absolute Gasteiger partial charge is 0.328 e. The average Bonchev–Trinajstić information content (AvgIpc) is 3.59. The first-order valence-electron chi connectivity index (χ1n) is 13.3. The van der Waals surface area contributed by atoms with Crippen LogP contribution in [0.2, 0.25) is 0 Å². The van der Waals surface area contributed by atoms with E-state index in [1.165, 1.54) is 0 Å². The fourth-order valence-corrected chi connectivity index (χ4v) is 5.90. The molecule has 0 amide bonds. The highest BCUT2D eigenvalue weighted by Gasteiger charge is 2.28. The van der Waals surface area contributed by atoms with Crippen molar-refractivity contribution in [1.82, 2.24) is 28.5 Å². The molecule has 9 heteroatoms. The van der Waals surface area contributed by atoms with Gasteiger partial charge in [0.2, 0.25) is 0 Å². The fourth-order valence-electron chi connectivity index (χ4n) is 5.90. The maximum absolute atomic E-state index is 13.1. The third kappa shape index (κ3) is 3.98. The number of fused-ring (bicyclic) bond motifs is 2. The van der Waals surface area contributed by atoms with Crippen LogP contribution in [-0.4, -0.2) is 41.7 Å². The highest BCUT2D eigenvalue weighted by atomic mass is 16.5. The predicted octanol–water partition coefficient (Wildman–Crippen LogP) is 4.68. The summed E-state index contributed by atoms with van der Waals surface area (Å²) in [6.45, 7) is 7.86. The molecule has 200 valence electrons. The first kappa shape index (κ1) is 25.1. The molecule has 0 spiro atoms. The summed E-state index contributed by atoms with van der Waals surface area (Å²) in [4.78, 5) is 18.2. The second-order valence-electron chi connectivity index (χ2n) is 11.6. The second kappa shape index (κ2) is 8.95. The van der Waals surface area contributed by atoms with Gasteiger partial charge in [0.1, 0.15) is 5.82 Å². The van der Waals surface area contributed by atoms with E-state index in [1.54, 1.807) is 20.0 Å². The van der Waals surface area contributed by atoms with Gasteiger partial charge in [-0.25, -0.2) is 9.78 Å². The van der Waals surface area contributed by atoms with Gasteiger partial charge in [0.15, 0.2) is 0 Å². The van der Waals surface area contributed by atoms with Crippen LogP contribution in [0.1, 0.15) is 56.5 Å². The third-order valence-electron chi connectivity index (χ3n) is 7.89. The van der Waals surface area contributed by atoms with Crippen LogP contribution in [0, 0.1) is 11.3 Å². The molecule has 1 aliphatic heterocycles. The van der Waals surface area contributed by atoms with Crippen LogP contribution in [0.15, 0.2) is 41.5 Å².